The highest BCUT2D eigenvalue weighted by molar-refractivity contribution is 5.80. The van der Waals surface area contributed by atoms with Gasteiger partial charge in [0.05, 0.1) is 13.2 Å². The second kappa shape index (κ2) is 10.5. The Balaban J connectivity index is 1.34. The maximum atomic E-state index is 13.1. The number of morpholine rings is 1. The first-order chi connectivity index (χ1) is 13.3. The van der Waals surface area contributed by atoms with E-state index in [1.54, 1.807) is 0 Å². The van der Waals surface area contributed by atoms with Crippen LogP contribution in [0.15, 0.2) is 29.3 Å². The monoisotopic (exact) mass is 377 g/mol. The van der Waals surface area contributed by atoms with Crippen molar-refractivity contribution in [2.24, 2.45) is 4.99 Å². The summed E-state index contributed by atoms with van der Waals surface area (Å²) in [7, 11) is 1.85. The highest BCUT2D eigenvalue weighted by Gasteiger charge is 2.19. The van der Waals surface area contributed by atoms with Gasteiger partial charge in [-0.05, 0) is 43.7 Å². The van der Waals surface area contributed by atoms with Crippen LogP contribution in [-0.2, 0) is 4.74 Å². The molecule has 0 radical (unpaired) electrons. The smallest absolute Gasteiger partial charge is 0.193 e. The van der Waals surface area contributed by atoms with Crippen LogP contribution >= 0.6 is 0 Å². The van der Waals surface area contributed by atoms with Crippen molar-refractivity contribution in [3.8, 4) is 0 Å². The second-order valence-corrected chi connectivity index (χ2v) is 7.09. The molecule has 1 N–H and O–H groups in total. The Hall–Kier alpha value is -1.86. The van der Waals surface area contributed by atoms with E-state index in [1.807, 2.05) is 19.2 Å². The van der Waals surface area contributed by atoms with Crippen LogP contribution in [0.25, 0.3) is 0 Å². The fourth-order valence-corrected chi connectivity index (χ4v) is 3.65. The van der Waals surface area contributed by atoms with E-state index >= 15 is 0 Å². The molecule has 0 atom stereocenters. The summed E-state index contributed by atoms with van der Waals surface area (Å²) in [5.74, 6) is 0.802. The second-order valence-electron chi connectivity index (χ2n) is 7.09. The van der Waals surface area contributed by atoms with Gasteiger partial charge in [-0.2, -0.15) is 0 Å². The fraction of sp³-hybridized carbons (Fsp3) is 0.650. The SMILES string of the molecule is CN=C(NCCCCN1CCOCC1)N1CCN(c2ccc(F)cc2)CC1. The summed E-state index contributed by atoms with van der Waals surface area (Å²) < 4.78 is 18.5. The van der Waals surface area contributed by atoms with E-state index in [-0.39, 0.29) is 5.82 Å². The van der Waals surface area contributed by atoms with Gasteiger partial charge in [0.15, 0.2) is 5.96 Å². The fourth-order valence-electron chi connectivity index (χ4n) is 3.65. The van der Waals surface area contributed by atoms with Crippen LogP contribution in [0.3, 0.4) is 0 Å². The molecule has 2 aliphatic rings. The van der Waals surface area contributed by atoms with Crippen LogP contribution < -0.4 is 10.2 Å². The average Bonchev–Trinajstić information content (AvgIpc) is 2.72. The molecule has 3 rings (SSSR count). The summed E-state index contributed by atoms with van der Waals surface area (Å²) in [6.07, 6.45) is 2.34. The summed E-state index contributed by atoms with van der Waals surface area (Å²) in [6, 6.07) is 6.76. The largest absolute Gasteiger partial charge is 0.379 e. The van der Waals surface area contributed by atoms with E-state index in [1.165, 1.54) is 18.6 Å². The van der Waals surface area contributed by atoms with E-state index in [0.29, 0.717) is 0 Å². The van der Waals surface area contributed by atoms with Gasteiger partial charge in [-0.3, -0.25) is 9.89 Å². The number of ether oxygens (including phenoxy) is 1. The number of benzene rings is 1. The van der Waals surface area contributed by atoms with E-state index in [9.17, 15) is 4.39 Å². The molecule has 7 heteroatoms. The zero-order chi connectivity index (χ0) is 18.9. The number of nitrogens with one attached hydrogen (secondary N) is 1. The van der Waals surface area contributed by atoms with Crippen molar-refractivity contribution >= 4 is 11.6 Å². The van der Waals surface area contributed by atoms with Crippen molar-refractivity contribution < 1.29 is 9.13 Å². The molecular formula is C20H32FN5O. The van der Waals surface area contributed by atoms with Crippen molar-refractivity contribution in [3.05, 3.63) is 30.1 Å². The molecule has 6 nitrogen and oxygen atoms in total. The molecular weight excluding hydrogens is 345 g/mol. The zero-order valence-corrected chi connectivity index (χ0v) is 16.4. The van der Waals surface area contributed by atoms with Crippen molar-refractivity contribution in [2.45, 2.75) is 12.8 Å². The number of nitrogens with zero attached hydrogens (tertiary/aromatic N) is 4. The first-order valence-corrected chi connectivity index (χ1v) is 10.0. The van der Waals surface area contributed by atoms with Crippen LogP contribution in [0.5, 0.6) is 0 Å². The summed E-state index contributed by atoms with van der Waals surface area (Å²) in [5.41, 5.74) is 1.09. The van der Waals surface area contributed by atoms with Crippen LogP contribution in [0.1, 0.15) is 12.8 Å². The Morgan fingerprint density at radius 1 is 1.04 bits per heavy atom. The highest BCUT2D eigenvalue weighted by atomic mass is 19.1. The first kappa shape index (κ1) is 19.9. The van der Waals surface area contributed by atoms with Crippen molar-refractivity contribution in [1.29, 1.82) is 0 Å². The minimum absolute atomic E-state index is 0.185. The van der Waals surface area contributed by atoms with Gasteiger partial charge in [-0.15, -0.1) is 0 Å². The molecule has 2 aliphatic heterocycles. The van der Waals surface area contributed by atoms with Crippen LogP contribution in [0.4, 0.5) is 10.1 Å². The van der Waals surface area contributed by atoms with Crippen molar-refractivity contribution in [3.63, 3.8) is 0 Å². The number of guanidine groups is 1. The molecule has 0 amide bonds. The lowest BCUT2D eigenvalue weighted by Crippen LogP contribution is -2.52. The molecule has 2 heterocycles. The third kappa shape index (κ3) is 6.07. The maximum absolute atomic E-state index is 13.1. The minimum atomic E-state index is -0.185. The number of unbranched alkanes of at least 4 members (excludes halogenated alkanes) is 1. The van der Waals surface area contributed by atoms with Gasteiger partial charge in [-0.25, -0.2) is 4.39 Å². The minimum Gasteiger partial charge on any atom is -0.379 e. The van der Waals surface area contributed by atoms with Crippen molar-refractivity contribution in [1.82, 2.24) is 15.1 Å². The summed E-state index contributed by atoms with van der Waals surface area (Å²) in [6.45, 7) is 9.65. The number of anilines is 1. The van der Waals surface area contributed by atoms with Gasteiger partial charge in [-0.1, -0.05) is 0 Å². The lowest BCUT2D eigenvalue weighted by atomic mass is 10.2. The molecule has 0 spiro atoms. The molecule has 0 bridgehead atoms. The molecule has 0 aliphatic carbocycles. The lowest BCUT2D eigenvalue weighted by molar-refractivity contribution is 0.0372. The van der Waals surface area contributed by atoms with Gasteiger partial charge in [0, 0.05) is 58.5 Å². The van der Waals surface area contributed by atoms with E-state index < -0.39 is 0 Å². The Morgan fingerprint density at radius 2 is 1.74 bits per heavy atom. The predicted molar refractivity (Wildman–Crippen MR) is 108 cm³/mol. The van der Waals surface area contributed by atoms with E-state index in [4.69, 9.17) is 4.74 Å². The number of hydrogen-bond acceptors (Lipinski definition) is 4. The van der Waals surface area contributed by atoms with Crippen molar-refractivity contribution in [2.75, 3.05) is 77.5 Å². The molecule has 0 unspecified atom stereocenters. The number of aliphatic imine (C=N–C) groups is 1. The number of piperazine rings is 1. The molecule has 27 heavy (non-hydrogen) atoms. The predicted octanol–water partition coefficient (Wildman–Crippen LogP) is 1.64. The van der Waals surface area contributed by atoms with Gasteiger partial charge in [0.25, 0.3) is 0 Å². The summed E-state index contributed by atoms with van der Waals surface area (Å²) in [5, 5.41) is 3.50. The topological polar surface area (TPSA) is 43.3 Å². The van der Waals surface area contributed by atoms with Gasteiger partial charge < -0.3 is 19.9 Å². The normalized spacial score (nSPS) is 19.4. The zero-order valence-electron chi connectivity index (χ0n) is 16.4. The Labute approximate surface area is 162 Å². The third-order valence-electron chi connectivity index (χ3n) is 5.27. The van der Waals surface area contributed by atoms with Gasteiger partial charge in [0.1, 0.15) is 5.82 Å². The number of hydrogen-bond donors (Lipinski definition) is 1. The Morgan fingerprint density at radius 3 is 2.41 bits per heavy atom. The Kier molecular flexibility index (Phi) is 7.71. The molecule has 1 aromatic carbocycles. The molecule has 1 aromatic rings. The van der Waals surface area contributed by atoms with Crippen LogP contribution in [-0.4, -0.2) is 88.4 Å². The lowest BCUT2D eigenvalue weighted by Gasteiger charge is -2.37. The number of rotatable bonds is 6. The third-order valence-corrected chi connectivity index (χ3v) is 5.27. The van der Waals surface area contributed by atoms with Crippen LogP contribution in [0.2, 0.25) is 0 Å². The van der Waals surface area contributed by atoms with Crippen LogP contribution in [0, 0.1) is 5.82 Å². The molecule has 0 saturated carbocycles. The van der Waals surface area contributed by atoms with Gasteiger partial charge >= 0.3 is 0 Å². The maximum Gasteiger partial charge on any atom is 0.193 e. The number of halogens is 1. The molecule has 2 saturated heterocycles. The summed E-state index contributed by atoms with van der Waals surface area (Å²) in [4.78, 5) is 11.5. The molecule has 0 aromatic heterocycles. The van der Waals surface area contributed by atoms with E-state index in [2.05, 4.69) is 25.0 Å². The first-order valence-electron chi connectivity index (χ1n) is 10.0. The molecule has 2 fully saturated rings. The standard InChI is InChI=1S/C20H32FN5O/c1-22-20(23-8-2-3-9-24-14-16-27-17-15-24)26-12-10-25(11-13-26)19-6-4-18(21)5-7-19/h4-7H,2-3,8-17H2,1H3,(H,22,23). The highest BCUT2D eigenvalue weighted by Crippen LogP contribution is 2.16. The van der Waals surface area contributed by atoms with Gasteiger partial charge in [0.2, 0.25) is 0 Å². The summed E-state index contributed by atoms with van der Waals surface area (Å²) >= 11 is 0. The average molecular weight is 378 g/mol. The quantitative estimate of drug-likeness (QED) is 0.464. The Bertz CT molecular complexity index is 581. The molecule has 150 valence electrons. The van der Waals surface area contributed by atoms with E-state index in [0.717, 1.165) is 83.6 Å².